The fraction of sp³-hybridized carbons (Fsp3) is 0.367. The number of aromatic nitrogens is 2. The van der Waals surface area contributed by atoms with Gasteiger partial charge in [-0.15, -0.1) is 0 Å². The van der Waals surface area contributed by atoms with Crippen molar-refractivity contribution in [3.05, 3.63) is 188 Å². The van der Waals surface area contributed by atoms with Gasteiger partial charge in [0.1, 0.15) is 24.4 Å². The SMILES string of the molecule is CC[C@@H](CN(c1ncccc1F)S(=O)(=O)C1CC1)N1C(=O)[C@@H](CC(=O)O)O[C@H](c2cccc(Cl)c2)[C@H]1c1ccc(Cl)cc1.CC[C@@H](CN(c1ncccc1F)S(=O)(=O)C1CC1)N1C(=O)[C@H](CC(=O)O)O[C@H](c2cccc(Cl)c2)[C@H]1c1ccc(Cl)cc1. The number of benzene rings is 4. The van der Waals surface area contributed by atoms with Crippen LogP contribution in [0.5, 0.6) is 0 Å². The average molecular weight is 1300 g/mol. The molecule has 0 radical (unpaired) electrons. The zero-order chi connectivity index (χ0) is 61.8. The van der Waals surface area contributed by atoms with E-state index in [4.69, 9.17) is 55.9 Å². The van der Waals surface area contributed by atoms with Gasteiger partial charge in [-0.2, -0.15) is 0 Å². The summed E-state index contributed by atoms with van der Waals surface area (Å²) in [4.78, 5) is 63.1. The Morgan fingerprint density at radius 3 is 1.22 bits per heavy atom. The van der Waals surface area contributed by atoms with E-state index >= 15 is 8.78 Å². The van der Waals surface area contributed by atoms with Crippen molar-refractivity contribution in [2.45, 2.75) is 124 Å². The van der Waals surface area contributed by atoms with E-state index in [-0.39, 0.29) is 37.6 Å². The third kappa shape index (κ3) is 14.4. The molecule has 86 heavy (non-hydrogen) atoms. The lowest BCUT2D eigenvalue weighted by atomic mass is 9.89. The molecular formula is C60H60Cl4F2N6O12S2. The number of nitrogens with zero attached hydrogens (tertiary/aromatic N) is 6. The number of amides is 2. The first-order chi connectivity index (χ1) is 41.0. The van der Waals surface area contributed by atoms with Crippen LogP contribution in [0.3, 0.4) is 0 Å². The van der Waals surface area contributed by atoms with Crippen LogP contribution in [0.1, 0.15) is 112 Å². The van der Waals surface area contributed by atoms with E-state index in [1.165, 1.54) is 34.3 Å². The van der Waals surface area contributed by atoms with Crippen molar-refractivity contribution in [2.75, 3.05) is 21.7 Å². The van der Waals surface area contributed by atoms with E-state index in [0.29, 0.717) is 68.0 Å². The standard InChI is InChI=1S/2C30H30Cl2FN3O6S/c2*1-2-22(17-35(43(40,41)23-12-13-23)29-24(33)7-4-14-34-29)36-27(18-8-10-20(31)11-9-18)28(19-5-3-6-21(32)15-19)42-25(30(36)39)16-26(37)38/h2*3-11,14-15,22-23,25,27-28H,2,12-13,16-17H2,1H3,(H,37,38)/t22-,25+,27+,28+;22-,25-,27+,28+/m00/s1. The lowest BCUT2D eigenvalue weighted by molar-refractivity contribution is -0.183. The zero-order valence-electron chi connectivity index (χ0n) is 46.3. The molecular weight excluding hydrogens is 1240 g/mol. The van der Waals surface area contributed by atoms with Crippen LogP contribution in [-0.2, 0) is 48.7 Å². The smallest absolute Gasteiger partial charge is 0.306 e. The Hall–Kier alpha value is -6.50. The second kappa shape index (κ2) is 27.3. The normalized spacial score (nSPS) is 21.4. The van der Waals surface area contributed by atoms with Crippen LogP contribution in [0.2, 0.25) is 20.1 Å². The number of carboxylic acids is 2. The number of morpholine rings is 2. The average Bonchev–Trinajstić information content (AvgIpc) is 1.21. The molecule has 0 unspecified atom stereocenters. The number of carboxylic acid groups (broad SMARTS) is 2. The molecule has 2 saturated carbocycles. The second-order valence-electron chi connectivity index (χ2n) is 21.2. The van der Waals surface area contributed by atoms with Gasteiger partial charge in [-0.3, -0.25) is 19.2 Å². The minimum Gasteiger partial charge on any atom is -0.481 e. The Bertz CT molecular complexity index is 3450. The highest BCUT2D eigenvalue weighted by atomic mass is 35.5. The Balaban J connectivity index is 0.000000205. The number of carbonyl (C=O) groups excluding carboxylic acids is 2. The summed E-state index contributed by atoms with van der Waals surface area (Å²) in [6.07, 6.45) is -0.873. The Labute approximate surface area is 516 Å². The molecule has 4 aliphatic rings. The maximum atomic E-state index is 15.1. The third-order valence-corrected chi connectivity index (χ3v) is 20.8. The highest BCUT2D eigenvalue weighted by Crippen LogP contribution is 2.48. The molecule has 0 bridgehead atoms. The molecule has 26 heteroatoms. The molecule has 4 heterocycles. The molecule has 2 aromatic heterocycles. The molecule has 6 aromatic rings. The fourth-order valence-electron chi connectivity index (χ4n) is 10.8. The van der Waals surface area contributed by atoms with E-state index < -0.39 is 127 Å². The van der Waals surface area contributed by atoms with Gasteiger partial charge in [0.05, 0.1) is 60.6 Å². The Morgan fingerprint density at radius 2 is 0.919 bits per heavy atom. The summed E-state index contributed by atoms with van der Waals surface area (Å²) in [5.74, 6) is -6.08. The first-order valence-electron chi connectivity index (χ1n) is 27.7. The summed E-state index contributed by atoms with van der Waals surface area (Å²) in [6.45, 7) is 2.95. The van der Waals surface area contributed by atoms with Crippen LogP contribution in [0.25, 0.3) is 0 Å². The first kappa shape index (κ1) is 64.0. The first-order valence-corrected chi connectivity index (χ1v) is 32.2. The lowest BCUT2D eigenvalue weighted by Gasteiger charge is -2.48. The predicted molar refractivity (Wildman–Crippen MR) is 320 cm³/mol. The summed E-state index contributed by atoms with van der Waals surface area (Å²) < 4.78 is 99.2. The van der Waals surface area contributed by atoms with Gasteiger partial charge in [0.25, 0.3) is 11.8 Å². The minimum atomic E-state index is -4.02. The molecule has 2 aliphatic carbocycles. The maximum Gasteiger partial charge on any atom is 0.306 e. The quantitative estimate of drug-likeness (QED) is 0.0643. The highest BCUT2D eigenvalue weighted by molar-refractivity contribution is 7.94. The number of pyridine rings is 2. The number of halogens is 6. The predicted octanol–water partition coefficient (Wildman–Crippen LogP) is 11.6. The summed E-state index contributed by atoms with van der Waals surface area (Å²) in [5, 5.41) is 19.7. The molecule has 2 amide bonds. The van der Waals surface area contributed by atoms with Crippen LogP contribution in [0.15, 0.2) is 134 Å². The molecule has 8 atom stereocenters. The molecule has 0 spiro atoms. The van der Waals surface area contributed by atoms with Gasteiger partial charge in [0.15, 0.2) is 23.3 Å². The maximum absolute atomic E-state index is 15.1. The lowest BCUT2D eigenvalue weighted by Crippen LogP contribution is -2.58. The topological polar surface area (TPSA) is 234 Å². The van der Waals surface area contributed by atoms with Crippen molar-refractivity contribution >= 4 is 102 Å². The molecule has 10 rings (SSSR count). The van der Waals surface area contributed by atoms with Crippen LogP contribution >= 0.6 is 46.4 Å². The van der Waals surface area contributed by atoms with Gasteiger partial charge < -0.3 is 29.5 Å². The van der Waals surface area contributed by atoms with Crippen molar-refractivity contribution in [3.8, 4) is 0 Å². The number of sulfonamides is 2. The van der Waals surface area contributed by atoms with Crippen LogP contribution in [-0.4, -0.2) is 118 Å². The van der Waals surface area contributed by atoms with Gasteiger partial charge in [0, 0.05) is 32.5 Å². The molecule has 2 saturated heterocycles. The Kier molecular flexibility index (Phi) is 20.3. The summed E-state index contributed by atoms with van der Waals surface area (Å²) in [6, 6.07) is 28.9. The van der Waals surface area contributed by atoms with Crippen molar-refractivity contribution < 1.29 is 64.5 Å². The minimum absolute atomic E-state index is 0.253. The van der Waals surface area contributed by atoms with E-state index in [0.717, 1.165) is 20.7 Å². The van der Waals surface area contributed by atoms with Crippen LogP contribution in [0.4, 0.5) is 20.4 Å². The van der Waals surface area contributed by atoms with Crippen LogP contribution < -0.4 is 8.61 Å². The van der Waals surface area contributed by atoms with Gasteiger partial charge in [-0.25, -0.2) is 44.2 Å². The number of carbonyl (C=O) groups is 4. The van der Waals surface area contributed by atoms with Crippen molar-refractivity contribution in [3.63, 3.8) is 0 Å². The van der Waals surface area contributed by atoms with E-state index in [9.17, 15) is 46.2 Å². The highest BCUT2D eigenvalue weighted by Gasteiger charge is 2.52. The number of anilines is 2. The van der Waals surface area contributed by atoms with Gasteiger partial charge in [0.2, 0.25) is 20.0 Å². The van der Waals surface area contributed by atoms with Crippen molar-refractivity contribution in [1.29, 1.82) is 0 Å². The summed E-state index contributed by atoms with van der Waals surface area (Å²) in [7, 11) is -8.05. The summed E-state index contributed by atoms with van der Waals surface area (Å²) in [5.41, 5.74) is 2.42. The van der Waals surface area contributed by atoms with Gasteiger partial charge in [-0.05, 0) is 134 Å². The van der Waals surface area contributed by atoms with Crippen molar-refractivity contribution in [2.24, 2.45) is 0 Å². The molecule has 2 aliphatic heterocycles. The number of hydrogen-bond donors (Lipinski definition) is 2. The van der Waals surface area contributed by atoms with Gasteiger partial charge >= 0.3 is 11.9 Å². The van der Waals surface area contributed by atoms with Gasteiger partial charge in [-0.1, -0.05) is 109 Å². The van der Waals surface area contributed by atoms with E-state index in [1.807, 2.05) is 0 Å². The third-order valence-electron chi connectivity index (χ3n) is 15.3. The monoisotopic (exact) mass is 1300 g/mol. The zero-order valence-corrected chi connectivity index (χ0v) is 50.9. The number of rotatable bonds is 22. The largest absolute Gasteiger partial charge is 0.481 e. The summed E-state index contributed by atoms with van der Waals surface area (Å²) >= 11 is 25.0. The number of ether oxygens (including phenoxy) is 2. The molecule has 456 valence electrons. The molecule has 2 N–H and O–H groups in total. The van der Waals surface area contributed by atoms with E-state index in [1.54, 1.807) is 111 Å². The van der Waals surface area contributed by atoms with Crippen LogP contribution in [0, 0.1) is 11.6 Å². The molecule has 4 fully saturated rings. The molecule has 4 aromatic carbocycles. The van der Waals surface area contributed by atoms with E-state index in [2.05, 4.69) is 9.97 Å². The fourth-order valence-corrected chi connectivity index (χ4v) is 15.2. The number of aliphatic carboxylic acids is 2. The Morgan fingerprint density at radius 1 is 0.558 bits per heavy atom. The second-order valence-corrected chi connectivity index (χ2v) is 27.2. The van der Waals surface area contributed by atoms with Crippen molar-refractivity contribution in [1.82, 2.24) is 19.8 Å². The molecule has 18 nitrogen and oxygen atoms in total. The number of hydrogen-bond acceptors (Lipinski definition) is 12.